The van der Waals surface area contributed by atoms with Crippen LogP contribution in [0.25, 0.3) is 75.6 Å². The first-order valence-corrected chi connectivity index (χ1v) is 15.8. The molecule has 0 amide bonds. The third kappa shape index (κ3) is 3.76. The topological polar surface area (TPSA) is 41.9 Å². The highest BCUT2D eigenvalue weighted by Crippen LogP contribution is 2.52. The molecule has 0 spiro atoms. The summed E-state index contributed by atoms with van der Waals surface area (Å²) in [5, 5.41) is 6.33. The van der Waals surface area contributed by atoms with Gasteiger partial charge < -0.3 is 0 Å². The maximum absolute atomic E-state index is 8.87. The summed E-state index contributed by atoms with van der Waals surface area (Å²) in [5.74, 6) is 0.596. The molecule has 2 aromatic heterocycles. The fraction of sp³-hybridized carbons (Fsp3) is 0. The second-order valence-electron chi connectivity index (χ2n) is 11.3. The summed E-state index contributed by atoms with van der Waals surface area (Å²) >= 11 is 1.71. The number of hydrogen-bond acceptors (Lipinski definition) is 5. The van der Waals surface area contributed by atoms with E-state index in [4.69, 9.17) is 21.8 Å². The van der Waals surface area contributed by atoms with Crippen LogP contribution in [0.1, 0.15) is 6.85 Å². The molecule has 0 radical (unpaired) electrons. The Kier molecular flexibility index (Phi) is 4.46. The maximum atomic E-state index is 8.87. The number of hydrogen-bond donors (Lipinski definition) is 0. The zero-order valence-electron chi connectivity index (χ0n) is 29.2. The minimum Gasteiger partial charge on any atom is -0.277 e. The monoisotopic (exact) mass is 609 g/mol. The van der Waals surface area contributed by atoms with E-state index in [1.807, 2.05) is 47.4 Å². The van der Waals surface area contributed by atoms with Crippen LogP contribution in [0.3, 0.4) is 0 Å². The number of fused-ring (bicyclic) bond motifs is 7. The highest BCUT2D eigenvalue weighted by Gasteiger charge is 2.30. The number of benzene rings is 7. The fourth-order valence-electron chi connectivity index (χ4n) is 6.71. The summed E-state index contributed by atoms with van der Waals surface area (Å²) < 4.78 is 45.2. The van der Waals surface area contributed by atoms with Crippen molar-refractivity contribution in [3.63, 3.8) is 0 Å². The van der Waals surface area contributed by atoms with Crippen molar-refractivity contribution in [3.05, 3.63) is 145 Å². The first kappa shape index (κ1) is 20.9. The predicted molar refractivity (Wildman–Crippen MR) is 192 cm³/mol. The molecule has 4 nitrogen and oxygen atoms in total. The lowest BCUT2D eigenvalue weighted by molar-refractivity contribution is 1.03. The molecule has 0 aliphatic carbocycles. The Morgan fingerprint density at radius 1 is 0.543 bits per heavy atom. The van der Waals surface area contributed by atoms with Crippen LogP contribution >= 0.6 is 11.3 Å². The van der Waals surface area contributed by atoms with E-state index in [0.29, 0.717) is 5.82 Å². The molecule has 3 heterocycles. The lowest BCUT2D eigenvalue weighted by atomic mass is 9.89. The molecule has 0 fully saturated rings. The molecule has 0 atom stereocenters. The molecule has 7 aromatic carbocycles. The molecule has 0 saturated heterocycles. The lowest BCUT2D eigenvalue weighted by Crippen LogP contribution is -2.19. The SMILES string of the molecule is [2H]c1c([2H])c([2H])c(-c2nc(-c3ccc4sc5ccccc5c4c3)nc(N3c4c(ccc5ccccc45)-c4cccc5cccc3c45)n2)c([2H])c1[2H]. The number of aromatic nitrogens is 3. The predicted octanol–water partition coefficient (Wildman–Crippen LogP) is 11.3. The average molecular weight is 610 g/mol. The summed E-state index contributed by atoms with van der Waals surface area (Å²) in [6, 6.07) is 37.1. The van der Waals surface area contributed by atoms with Crippen LogP contribution < -0.4 is 4.90 Å². The summed E-state index contributed by atoms with van der Waals surface area (Å²) in [7, 11) is 0. The normalized spacial score (nSPS) is 13.8. The molecular formula is C41H24N4S. The second-order valence-corrected chi connectivity index (χ2v) is 12.4. The summed E-state index contributed by atoms with van der Waals surface area (Å²) in [6.07, 6.45) is 0. The van der Waals surface area contributed by atoms with Crippen LogP contribution in [0, 0.1) is 0 Å². The van der Waals surface area contributed by atoms with Crippen LogP contribution in [0.2, 0.25) is 0 Å². The molecule has 214 valence electrons. The summed E-state index contributed by atoms with van der Waals surface area (Å²) in [5.41, 5.74) is 4.50. The van der Waals surface area contributed by atoms with E-state index in [0.717, 1.165) is 65.1 Å². The van der Waals surface area contributed by atoms with Crippen molar-refractivity contribution >= 4 is 70.4 Å². The largest absolute Gasteiger partial charge is 0.277 e. The van der Waals surface area contributed by atoms with Gasteiger partial charge in [-0.3, -0.25) is 4.90 Å². The molecule has 0 unspecified atom stereocenters. The van der Waals surface area contributed by atoms with Crippen LogP contribution in [0.5, 0.6) is 0 Å². The van der Waals surface area contributed by atoms with Crippen molar-refractivity contribution in [3.8, 4) is 33.9 Å². The van der Waals surface area contributed by atoms with E-state index >= 15 is 0 Å². The Morgan fingerprint density at radius 2 is 1.28 bits per heavy atom. The first-order valence-electron chi connectivity index (χ1n) is 17.5. The Bertz CT molecular complexity index is 2930. The van der Waals surface area contributed by atoms with Crippen LogP contribution in [-0.2, 0) is 0 Å². The zero-order valence-corrected chi connectivity index (χ0v) is 25.0. The molecule has 9 aromatic rings. The van der Waals surface area contributed by atoms with E-state index < -0.39 is 18.1 Å². The average Bonchev–Trinajstić information content (AvgIpc) is 3.54. The Hall–Kier alpha value is -5.91. The van der Waals surface area contributed by atoms with Crippen molar-refractivity contribution in [2.24, 2.45) is 0 Å². The van der Waals surface area contributed by atoms with Gasteiger partial charge in [0.2, 0.25) is 5.95 Å². The van der Waals surface area contributed by atoms with Gasteiger partial charge in [0.1, 0.15) is 0 Å². The van der Waals surface area contributed by atoms with Crippen molar-refractivity contribution in [1.82, 2.24) is 15.0 Å². The first-order chi connectivity index (χ1) is 24.9. The van der Waals surface area contributed by atoms with Gasteiger partial charge in [-0.25, -0.2) is 4.98 Å². The van der Waals surface area contributed by atoms with Crippen molar-refractivity contribution in [2.45, 2.75) is 0 Å². The van der Waals surface area contributed by atoms with Gasteiger partial charge in [-0.15, -0.1) is 11.3 Å². The van der Waals surface area contributed by atoms with Gasteiger partial charge in [0.15, 0.2) is 11.6 Å². The quantitative estimate of drug-likeness (QED) is 0.200. The minimum atomic E-state index is -0.474. The Labute approximate surface area is 275 Å². The Morgan fingerprint density at radius 3 is 2.17 bits per heavy atom. The highest BCUT2D eigenvalue weighted by molar-refractivity contribution is 7.25. The van der Waals surface area contributed by atoms with Gasteiger partial charge in [-0.2, -0.15) is 9.97 Å². The smallest absolute Gasteiger partial charge is 0.238 e. The zero-order chi connectivity index (χ0) is 34.5. The summed E-state index contributed by atoms with van der Waals surface area (Å²) in [4.78, 5) is 17.1. The Balaban J connectivity index is 1.32. The van der Waals surface area contributed by atoms with Gasteiger partial charge >= 0.3 is 0 Å². The lowest BCUT2D eigenvalue weighted by Gasteiger charge is -2.33. The van der Waals surface area contributed by atoms with E-state index in [2.05, 4.69) is 72.8 Å². The van der Waals surface area contributed by atoms with E-state index in [-0.39, 0.29) is 29.4 Å². The second kappa shape index (κ2) is 9.80. The molecule has 0 N–H and O–H groups in total. The number of rotatable bonds is 3. The molecule has 0 bridgehead atoms. The number of nitrogens with zero attached hydrogens (tertiary/aromatic N) is 4. The number of thiophene rings is 1. The number of anilines is 3. The van der Waals surface area contributed by atoms with Crippen LogP contribution in [0.15, 0.2) is 145 Å². The van der Waals surface area contributed by atoms with E-state index in [9.17, 15) is 0 Å². The third-order valence-corrected chi connectivity index (χ3v) is 9.87. The van der Waals surface area contributed by atoms with E-state index in [1.54, 1.807) is 11.3 Å². The van der Waals surface area contributed by atoms with Gasteiger partial charge in [-0.05, 0) is 46.7 Å². The van der Waals surface area contributed by atoms with Crippen molar-refractivity contribution in [1.29, 1.82) is 0 Å². The van der Waals surface area contributed by atoms with Crippen LogP contribution in [-0.4, -0.2) is 15.0 Å². The molecule has 1 aliphatic heterocycles. The van der Waals surface area contributed by atoms with Gasteiger partial charge in [0.25, 0.3) is 0 Å². The molecule has 1 aliphatic rings. The van der Waals surface area contributed by atoms with Crippen molar-refractivity contribution in [2.75, 3.05) is 4.90 Å². The van der Waals surface area contributed by atoms with E-state index in [1.165, 1.54) is 4.70 Å². The maximum Gasteiger partial charge on any atom is 0.238 e. The van der Waals surface area contributed by atoms with Gasteiger partial charge in [-0.1, -0.05) is 115 Å². The standard InChI is InChI=1S/C41H24N4S/c1-2-11-27(12-3-1)39-42-40(28-21-23-36-33(24-28)30-16-6-7-19-35(30)46-36)44-41(43-39)45-34-18-9-14-26-13-8-17-31(37(26)34)32-22-20-25-10-4-5-15-29(25)38(32)45/h1-24H/i1D,2D,3D,11D,12D. The molecule has 46 heavy (non-hydrogen) atoms. The minimum absolute atomic E-state index is 0.00454. The third-order valence-electron chi connectivity index (χ3n) is 8.72. The van der Waals surface area contributed by atoms with Gasteiger partial charge in [0.05, 0.1) is 18.2 Å². The highest BCUT2D eigenvalue weighted by atomic mass is 32.1. The summed E-state index contributed by atoms with van der Waals surface area (Å²) in [6.45, 7) is 0. The molecule has 0 saturated carbocycles. The molecule has 10 rings (SSSR count). The molecular weight excluding hydrogens is 581 g/mol. The fourth-order valence-corrected chi connectivity index (χ4v) is 7.79. The van der Waals surface area contributed by atoms with Crippen LogP contribution in [0.4, 0.5) is 17.3 Å². The van der Waals surface area contributed by atoms with Crippen molar-refractivity contribution < 1.29 is 6.85 Å². The molecule has 5 heteroatoms. The van der Waals surface area contributed by atoms with Gasteiger partial charge in [0, 0.05) is 47.6 Å².